The number of benzene rings is 1. The van der Waals surface area contributed by atoms with Crippen LogP contribution in [0.25, 0.3) is 0 Å². The fourth-order valence-electron chi connectivity index (χ4n) is 1.99. The van der Waals surface area contributed by atoms with Gasteiger partial charge in [-0.3, -0.25) is 9.59 Å². The molecule has 0 aliphatic rings. The van der Waals surface area contributed by atoms with Gasteiger partial charge in [0.2, 0.25) is 11.8 Å². The third-order valence-electron chi connectivity index (χ3n) is 3.21. The molecule has 0 fully saturated rings. The number of anilines is 1. The van der Waals surface area contributed by atoms with Gasteiger partial charge in [-0.25, -0.2) is 4.39 Å². The third kappa shape index (κ3) is 8.17. The van der Waals surface area contributed by atoms with Crippen LogP contribution in [0.1, 0.15) is 12.2 Å². The summed E-state index contributed by atoms with van der Waals surface area (Å²) in [7, 11) is 0. The molecule has 2 amide bonds. The first-order valence-corrected chi connectivity index (χ1v) is 9.29. The second kappa shape index (κ2) is 11.3. The first-order chi connectivity index (χ1) is 12.6. The summed E-state index contributed by atoms with van der Waals surface area (Å²) < 4.78 is 23.3. The van der Waals surface area contributed by atoms with E-state index in [0.29, 0.717) is 31.9 Å². The summed E-state index contributed by atoms with van der Waals surface area (Å²) in [5, 5.41) is 5.41. The summed E-state index contributed by atoms with van der Waals surface area (Å²) in [6.07, 6.45) is 2.29. The molecule has 26 heavy (non-hydrogen) atoms. The summed E-state index contributed by atoms with van der Waals surface area (Å²) in [6, 6.07) is 9.15. The number of hydrogen-bond acceptors (Lipinski definition) is 5. The van der Waals surface area contributed by atoms with Crippen molar-refractivity contribution in [2.75, 3.05) is 30.0 Å². The largest absolute Gasteiger partial charge is 0.467 e. The quantitative estimate of drug-likeness (QED) is 0.586. The van der Waals surface area contributed by atoms with Gasteiger partial charge in [-0.1, -0.05) is 0 Å². The Kier molecular flexibility index (Phi) is 8.71. The Morgan fingerprint density at radius 2 is 1.88 bits per heavy atom. The highest BCUT2D eigenvalue weighted by Gasteiger charge is 2.06. The van der Waals surface area contributed by atoms with E-state index >= 15 is 0 Å². The van der Waals surface area contributed by atoms with E-state index in [0.717, 1.165) is 5.76 Å². The van der Waals surface area contributed by atoms with Crippen LogP contribution >= 0.6 is 11.8 Å². The van der Waals surface area contributed by atoms with Gasteiger partial charge in [0, 0.05) is 18.8 Å². The van der Waals surface area contributed by atoms with E-state index in [4.69, 9.17) is 9.15 Å². The van der Waals surface area contributed by atoms with Crippen LogP contribution in [0.2, 0.25) is 0 Å². The lowest BCUT2D eigenvalue weighted by molar-refractivity contribution is -0.118. The topological polar surface area (TPSA) is 80.6 Å². The maximum atomic E-state index is 12.8. The highest BCUT2D eigenvalue weighted by Crippen LogP contribution is 2.09. The lowest BCUT2D eigenvalue weighted by Crippen LogP contribution is -2.27. The van der Waals surface area contributed by atoms with E-state index in [1.807, 2.05) is 6.07 Å². The number of furan rings is 1. The van der Waals surface area contributed by atoms with Crippen molar-refractivity contribution < 1.29 is 23.1 Å². The molecule has 0 aliphatic carbocycles. The number of halogens is 1. The lowest BCUT2D eigenvalue weighted by Gasteiger charge is -2.06. The minimum absolute atomic E-state index is 0.129. The number of ether oxygens (including phenoxy) is 1. The summed E-state index contributed by atoms with van der Waals surface area (Å²) in [6.45, 7) is 1.45. The van der Waals surface area contributed by atoms with Gasteiger partial charge in [0.1, 0.15) is 18.2 Å². The van der Waals surface area contributed by atoms with Crippen molar-refractivity contribution in [3.63, 3.8) is 0 Å². The van der Waals surface area contributed by atoms with Gasteiger partial charge < -0.3 is 19.8 Å². The maximum absolute atomic E-state index is 12.8. The van der Waals surface area contributed by atoms with Crippen LogP contribution in [0.3, 0.4) is 0 Å². The number of amides is 2. The van der Waals surface area contributed by atoms with E-state index in [-0.39, 0.29) is 29.1 Å². The standard InChI is InChI=1S/C18H21FN2O4S/c19-14-4-6-15(7-5-14)21-18(23)13-26-12-17(22)20-8-2-9-24-11-16-3-1-10-25-16/h1,3-7,10H,2,8-9,11-13H2,(H,20,22)(H,21,23). The van der Waals surface area contributed by atoms with E-state index < -0.39 is 0 Å². The van der Waals surface area contributed by atoms with E-state index in [1.54, 1.807) is 12.3 Å². The van der Waals surface area contributed by atoms with Crippen molar-refractivity contribution in [3.8, 4) is 0 Å². The molecule has 2 rings (SSSR count). The van der Waals surface area contributed by atoms with Crippen LogP contribution in [0, 0.1) is 5.82 Å². The molecule has 2 aromatic rings. The third-order valence-corrected chi connectivity index (χ3v) is 4.14. The second-order valence-corrected chi connectivity index (χ2v) is 6.37. The van der Waals surface area contributed by atoms with E-state index in [9.17, 15) is 14.0 Å². The molecule has 0 bridgehead atoms. The summed E-state index contributed by atoms with van der Waals surface area (Å²) in [5.41, 5.74) is 0.524. The Morgan fingerprint density at radius 3 is 2.62 bits per heavy atom. The Bertz CT molecular complexity index is 677. The minimum atomic E-state index is -0.361. The van der Waals surface area contributed by atoms with Crippen molar-refractivity contribution >= 4 is 29.3 Å². The van der Waals surface area contributed by atoms with Gasteiger partial charge in [-0.2, -0.15) is 0 Å². The number of rotatable bonds is 11. The SMILES string of the molecule is O=C(CSCC(=O)Nc1ccc(F)cc1)NCCCOCc1ccco1. The maximum Gasteiger partial charge on any atom is 0.234 e. The van der Waals surface area contributed by atoms with Crippen molar-refractivity contribution in [2.45, 2.75) is 13.0 Å². The van der Waals surface area contributed by atoms with Crippen molar-refractivity contribution in [1.29, 1.82) is 0 Å². The fourth-order valence-corrected chi connectivity index (χ4v) is 2.63. The molecule has 0 spiro atoms. The molecule has 1 heterocycles. The zero-order valence-corrected chi connectivity index (χ0v) is 15.0. The molecule has 0 saturated heterocycles. The van der Waals surface area contributed by atoms with Crippen LogP contribution in [0.15, 0.2) is 47.1 Å². The molecule has 0 saturated carbocycles. The Morgan fingerprint density at radius 1 is 1.12 bits per heavy atom. The zero-order valence-electron chi connectivity index (χ0n) is 14.2. The van der Waals surface area contributed by atoms with Crippen molar-refractivity contribution in [1.82, 2.24) is 5.32 Å². The Balaban J connectivity index is 1.46. The Hall–Kier alpha value is -2.32. The van der Waals surface area contributed by atoms with Gasteiger partial charge in [-0.15, -0.1) is 11.8 Å². The lowest BCUT2D eigenvalue weighted by atomic mass is 10.3. The Labute approximate surface area is 155 Å². The fraction of sp³-hybridized carbons (Fsp3) is 0.333. The molecule has 140 valence electrons. The predicted octanol–water partition coefficient (Wildman–Crippen LogP) is 2.81. The molecule has 6 nitrogen and oxygen atoms in total. The molecule has 2 N–H and O–H groups in total. The normalized spacial score (nSPS) is 10.5. The highest BCUT2D eigenvalue weighted by atomic mass is 32.2. The molecule has 0 unspecified atom stereocenters. The van der Waals surface area contributed by atoms with Crippen LogP contribution in [0.5, 0.6) is 0 Å². The molecule has 0 atom stereocenters. The summed E-state index contributed by atoms with van der Waals surface area (Å²) >= 11 is 1.22. The summed E-state index contributed by atoms with van der Waals surface area (Å²) in [5.74, 6) is 0.391. The monoisotopic (exact) mass is 380 g/mol. The van der Waals surface area contributed by atoms with Gasteiger partial charge in [0.05, 0.1) is 17.8 Å². The first-order valence-electron chi connectivity index (χ1n) is 8.13. The number of nitrogens with one attached hydrogen (secondary N) is 2. The number of carbonyl (C=O) groups is 2. The van der Waals surface area contributed by atoms with Gasteiger partial charge in [0.25, 0.3) is 0 Å². The smallest absolute Gasteiger partial charge is 0.234 e. The van der Waals surface area contributed by atoms with Crippen LogP contribution in [-0.2, 0) is 20.9 Å². The minimum Gasteiger partial charge on any atom is -0.467 e. The number of hydrogen-bond donors (Lipinski definition) is 2. The van der Waals surface area contributed by atoms with Crippen molar-refractivity contribution in [3.05, 3.63) is 54.2 Å². The molecule has 1 aromatic heterocycles. The molecule has 0 radical (unpaired) electrons. The van der Waals surface area contributed by atoms with Gasteiger partial charge in [0.15, 0.2) is 0 Å². The molecule has 1 aromatic carbocycles. The van der Waals surface area contributed by atoms with E-state index in [2.05, 4.69) is 10.6 Å². The predicted molar refractivity (Wildman–Crippen MR) is 98.3 cm³/mol. The van der Waals surface area contributed by atoms with E-state index in [1.165, 1.54) is 36.0 Å². The second-order valence-electron chi connectivity index (χ2n) is 5.38. The molecular formula is C18H21FN2O4S. The first kappa shape index (κ1) is 20.0. The molecular weight excluding hydrogens is 359 g/mol. The molecule has 8 heteroatoms. The zero-order chi connectivity index (χ0) is 18.6. The number of thioether (sulfide) groups is 1. The van der Waals surface area contributed by atoms with Crippen molar-refractivity contribution in [2.24, 2.45) is 0 Å². The molecule has 0 aliphatic heterocycles. The van der Waals surface area contributed by atoms with Crippen LogP contribution < -0.4 is 10.6 Å². The van der Waals surface area contributed by atoms with Crippen LogP contribution in [0.4, 0.5) is 10.1 Å². The average Bonchev–Trinajstić information content (AvgIpc) is 3.13. The number of carbonyl (C=O) groups excluding carboxylic acids is 2. The van der Waals surface area contributed by atoms with Gasteiger partial charge >= 0.3 is 0 Å². The average molecular weight is 380 g/mol. The summed E-state index contributed by atoms with van der Waals surface area (Å²) in [4.78, 5) is 23.4. The van der Waals surface area contributed by atoms with Crippen LogP contribution in [-0.4, -0.2) is 36.5 Å². The van der Waals surface area contributed by atoms with Gasteiger partial charge in [-0.05, 0) is 42.8 Å². The highest BCUT2D eigenvalue weighted by molar-refractivity contribution is 8.00.